The highest BCUT2D eigenvalue weighted by Crippen LogP contribution is 2.30. The highest BCUT2D eigenvalue weighted by Gasteiger charge is 2.18. The zero-order valence-electron chi connectivity index (χ0n) is 17.3. The van der Waals surface area contributed by atoms with Gasteiger partial charge >= 0.3 is 5.97 Å². The summed E-state index contributed by atoms with van der Waals surface area (Å²) in [4.78, 5) is 24.7. The quantitative estimate of drug-likeness (QED) is 0.416. The highest BCUT2D eigenvalue weighted by atomic mass is 32.1. The van der Waals surface area contributed by atoms with Crippen LogP contribution in [0.4, 0.5) is 5.82 Å². The molecule has 0 saturated heterocycles. The number of hydrogen-bond acceptors (Lipinski definition) is 7. The van der Waals surface area contributed by atoms with E-state index in [4.69, 9.17) is 4.74 Å². The molecule has 0 fully saturated rings. The molecule has 0 saturated carbocycles. The Morgan fingerprint density at radius 2 is 2.03 bits per heavy atom. The molecule has 2 N–H and O–H groups in total. The van der Waals surface area contributed by atoms with E-state index in [1.165, 1.54) is 17.1 Å². The molecule has 0 aliphatic carbocycles. The molecule has 2 aromatic heterocycles. The maximum absolute atomic E-state index is 11.4. The summed E-state index contributed by atoms with van der Waals surface area (Å²) < 4.78 is 5.57. The number of anilines is 1. The van der Waals surface area contributed by atoms with E-state index in [1.807, 2.05) is 25.1 Å². The fourth-order valence-corrected chi connectivity index (χ4v) is 4.48. The van der Waals surface area contributed by atoms with Crippen LogP contribution in [-0.2, 0) is 12.8 Å². The number of methoxy groups -OCH3 is 1. The minimum absolute atomic E-state index is 0.258. The molecule has 7 nitrogen and oxygen atoms in total. The fourth-order valence-electron chi connectivity index (χ4n) is 3.52. The fraction of sp³-hybridized carbons (Fsp3) is 0.217. The first-order valence-corrected chi connectivity index (χ1v) is 10.8. The first-order valence-electron chi connectivity index (χ1n) is 9.94. The molecule has 0 spiro atoms. The number of fused-ring (bicyclic) bond motifs is 1. The van der Waals surface area contributed by atoms with Gasteiger partial charge in [0.05, 0.1) is 12.8 Å². The van der Waals surface area contributed by atoms with Crippen LogP contribution in [0.25, 0.3) is 21.5 Å². The van der Waals surface area contributed by atoms with Gasteiger partial charge in [-0.05, 0) is 29.7 Å². The molecule has 0 unspecified atom stereocenters. The number of aromatic carboxylic acids is 1. The van der Waals surface area contributed by atoms with Crippen LogP contribution < -0.4 is 10.1 Å². The lowest BCUT2D eigenvalue weighted by Gasteiger charge is -2.13. The second-order valence-corrected chi connectivity index (χ2v) is 7.89. The molecule has 158 valence electrons. The normalized spacial score (nSPS) is 10.9. The first kappa shape index (κ1) is 20.7. The maximum atomic E-state index is 11.4. The number of benzene rings is 2. The standard InChI is InChI=1S/C23H22N4O3S/c1-3-17-21(23(28)29)31-22(27-17)18-12-20(26-13-25-18)24-11-10-16-15-7-5-4-6-14(15)8-9-19(16)30-2/h4-9,12-13H,3,10-11H2,1-2H3,(H,28,29)(H,24,25,26). The average Bonchev–Trinajstić information content (AvgIpc) is 3.24. The van der Waals surface area contributed by atoms with Crippen molar-refractivity contribution in [3.8, 4) is 16.5 Å². The molecule has 31 heavy (non-hydrogen) atoms. The molecule has 4 rings (SSSR count). The Bertz CT molecular complexity index is 1240. The van der Waals surface area contributed by atoms with E-state index in [0.29, 0.717) is 35.2 Å². The van der Waals surface area contributed by atoms with Gasteiger partial charge in [0, 0.05) is 18.2 Å². The number of aryl methyl sites for hydroxylation is 1. The number of rotatable bonds is 8. The van der Waals surface area contributed by atoms with Crippen LogP contribution in [0.1, 0.15) is 27.9 Å². The number of ether oxygens (including phenoxy) is 1. The van der Waals surface area contributed by atoms with E-state index in [9.17, 15) is 9.90 Å². The minimum Gasteiger partial charge on any atom is -0.496 e. The lowest BCUT2D eigenvalue weighted by atomic mass is 10.0. The molecule has 2 aromatic carbocycles. The van der Waals surface area contributed by atoms with Crippen molar-refractivity contribution < 1.29 is 14.6 Å². The predicted molar refractivity (Wildman–Crippen MR) is 122 cm³/mol. The van der Waals surface area contributed by atoms with E-state index < -0.39 is 5.97 Å². The summed E-state index contributed by atoms with van der Waals surface area (Å²) in [5, 5.41) is 15.6. The Labute approximate surface area is 183 Å². The summed E-state index contributed by atoms with van der Waals surface area (Å²) in [7, 11) is 1.68. The van der Waals surface area contributed by atoms with Gasteiger partial charge in [0.15, 0.2) is 0 Å². The zero-order chi connectivity index (χ0) is 21.8. The van der Waals surface area contributed by atoms with Crippen LogP contribution in [0.15, 0.2) is 48.8 Å². The average molecular weight is 435 g/mol. The number of carboxylic acids is 1. The third-order valence-electron chi connectivity index (χ3n) is 5.01. The van der Waals surface area contributed by atoms with E-state index in [-0.39, 0.29) is 4.88 Å². The second-order valence-electron chi connectivity index (χ2n) is 6.89. The van der Waals surface area contributed by atoms with Crippen molar-refractivity contribution in [2.45, 2.75) is 19.8 Å². The van der Waals surface area contributed by atoms with Crippen molar-refractivity contribution in [2.24, 2.45) is 0 Å². The third kappa shape index (κ3) is 4.34. The molecule has 0 bridgehead atoms. The molecule has 0 aliphatic heterocycles. The van der Waals surface area contributed by atoms with Gasteiger partial charge in [-0.25, -0.2) is 19.7 Å². The molecule has 0 radical (unpaired) electrons. The second kappa shape index (κ2) is 9.09. The number of hydrogen-bond donors (Lipinski definition) is 2. The van der Waals surface area contributed by atoms with Crippen LogP contribution in [0, 0.1) is 0 Å². The topological polar surface area (TPSA) is 97.2 Å². The Hall–Kier alpha value is -3.52. The smallest absolute Gasteiger partial charge is 0.347 e. The monoisotopic (exact) mass is 434 g/mol. The lowest BCUT2D eigenvalue weighted by Crippen LogP contribution is -2.08. The summed E-state index contributed by atoms with van der Waals surface area (Å²) in [5.41, 5.74) is 2.32. The van der Waals surface area contributed by atoms with Crippen LogP contribution in [-0.4, -0.2) is 39.7 Å². The zero-order valence-corrected chi connectivity index (χ0v) is 18.1. The molecule has 0 atom stereocenters. The molecule has 2 heterocycles. The van der Waals surface area contributed by atoms with Crippen LogP contribution in [0.5, 0.6) is 5.75 Å². The summed E-state index contributed by atoms with van der Waals surface area (Å²) in [5.74, 6) is 0.561. The number of aromatic nitrogens is 3. The van der Waals surface area contributed by atoms with Gasteiger partial charge in [-0.1, -0.05) is 37.3 Å². The molecule has 0 aliphatic rings. The lowest BCUT2D eigenvalue weighted by molar-refractivity contribution is 0.0701. The minimum atomic E-state index is -0.961. The summed E-state index contributed by atoms with van der Waals surface area (Å²) in [6, 6.07) is 14.1. The predicted octanol–water partition coefficient (Wildman–Crippen LogP) is 4.68. The van der Waals surface area contributed by atoms with E-state index >= 15 is 0 Å². The van der Waals surface area contributed by atoms with E-state index in [2.05, 4.69) is 38.5 Å². The Morgan fingerprint density at radius 1 is 1.19 bits per heavy atom. The Morgan fingerprint density at radius 3 is 2.77 bits per heavy atom. The van der Waals surface area contributed by atoms with Crippen molar-refractivity contribution >= 4 is 33.9 Å². The van der Waals surface area contributed by atoms with Gasteiger partial charge in [0.1, 0.15) is 33.5 Å². The number of carbonyl (C=O) groups is 1. The molecule has 8 heteroatoms. The number of carboxylic acid groups (broad SMARTS) is 1. The van der Waals surface area contributed by atoms with Gasteiger partial charge in [0.25, 0.3) is 0 Å². The van der Waals surface area contributed by atoms with Crippen molar-refractivity contribution in [3.05, 3.63) is 64.9 Å². The van der Waals surface area contributed by atoms with Crippen molar-refractivity contribution in [3.63, 3.8) is 0 Å². The Balaban J connectivity index is 1.52. The van der Waals surface area contributed by atoms with Crippen molar-refractivity contribution in [2.75, 3.05) is 19.0 Å². The van der Waals surface area contributed by atoms with Crippen LogP contribution in [0.3, 0.4) is 0 Å². The Kier molecular flexibility index (Phi) is 6.08. The van der Waals surface area contributed by atoms with Crippen molar-refractivity contribution in [1.82, 2.24) is 15.0 Å². The summed E-state index contributed by atoms with van der Waals surface area (Å²) in [6.45, 7) is 2.54. The number of nitrogens with zero attached hydrogens (tertiary/aromatic N) is 3. The van der Waals surface area contributed by atoms with Gasteiger partial charge < -0.3 is 15.2 Å². The van der Waals surface area contributed by atoms with Gasteiger partial charge in [0.2, 0.25) is 0 Å². The number of nitrogens with one attached hydrogen (secondary N) is 1. The van der Waals surface area contributed by atoms with Crippen molar-refractivity contribution in [1.29, 1.82) is 0 Å². The van der Waals surface area contributed by atoms with Gasteiger partial charge in [-0.2, -0.15) is 0 Å². The summed E-state index contributed by atoms with van der Waals surface area (Å²) >= 11 is 1.14. The van der Waals surface area contributed by atoms with Gasteiger partial charge in [-0.15, -0.1) is 11.3 Å². The van der Waals surface area contributed by atoms with Crippen LogP contribution >= 0.6 is 11.3 Å². The first-order chi connectivity index (χ1) is 15.1. The third-order valence-corrected chi connectivity index (χ3v) is 6.12. The molecular formula is C23H22N4O3S. The molecule has 4 aromatic rings. The summed E-state index contributed by atoms with van der Waals surface area (Å²) in [6.07, 6.45) is 2.77. The molecule has 0 amide bonds. The van der Waals surface area contributed by atoms with E-state index in [1.54, 1.807) is 13.2 Å². The number of thiazole rings is 1. The largest absolute Gasteiger partial charge is 0.496 e. The molecular weight excluding hydrogens is 412 g/mol. The highest BCUT2D eigenvalue weighted by molar-refractivity contribution is 7.17. The SMILES string of the molecule is CCc1nc(-c2cc(NCCc3c(OC)ccc4ccccc34)ncn2)sc1C(=O)O. The van der Waals surface area contributed by atoms with Crippen LogP contribution in [0.2, 0.25) is 0 Å². The van der Waals surface area contributed by atoms with E-state index in [0.717, 1.165) is 29.1 Å². The van der Waals surface area contributed by atoms with Gasteiger partial charge in [-0.3, -0.25) is 0 Å². The maximum Gasteiger partial charge on any atom is 0.347 e.